The molecule has 1 aromatic carbocycles. The fourth-order valence-electron chi connectivity index (χ4n) is 4.25. The van der Waals surface area contributed by atoms with Gasteiger partial charge in [0.25, 0.3) is 0 Å². The molecule has 2 amide bonds. The van der Waals surface area contributed by atoms with E-state index < -0.39 is 0 Å². The highest BCUT2D eigenvalue weighted by Gasteiger charge is 2.50. The summed E-state index contributed by atoms with van der Waals surface area (Å²) in [5.41, 5.74) is 1.00. The molecule has 22 heavy (non-hydrogen) atoms. The Morgan fingerprint density at radius 2 is 1.82 bits per heavy atom. The summed E-state index contributed by atoms with van der Waals surface area (Å²) in [6, 6.07) is 10.4. The van der Waals surface area contributed by atoms with Crippen LogP contribution in [0.15, 0.2) is 30.3 Å². The zero-order chi connectivity index (χ0) is 15.7. The molecule has 0 radical (unpaired) electrons. The van der Waals surface area contributed by atoms with Crippen molar-refractivity contribution in [1.82, 2.24) is 9.80 Å². The van der Waals surface area contributed by atoms with Gasteiger partial charge in [-0.25, -0.2) is 4.79 Å². The molecule has 1 aliphatic heterocycles. The molecule has 118 valence electrons. The van der Waals surface area contributed by atoms with Crippen molar-refractivity contribution in [1.29, 1.82) is 0 Å². The molecule has 0 aromatic heterocycles. The van der Waals surface area contributed by atoms with Crippen LogP contribution in [0, 0.1) is 17.3 Å². The van der Waals surface area contributed by atoms with Gasteiger partial charge in [-0.1, -0.05) is 30.3 Å². The highest BCUT2D eigenvalue weighted by Crippen LogP contribution is 2.49. The number of carbonyl (C=O) groups is 2. The summed E-state index contributed by atoms with van der Waals surface area (Å²) >= 11 is 0. The number of rotatable bonds is 3. The van der Waals surface area contributed by atoms with E-state index in [1.165, 1.54) is 11.8 Å². The van der Waals surface area contributed by atoms with Crippen LogP contribution in [0.25, 0.3) is 0 Å². The molecule has 2 aliphatic rings. The van der Waals surface area contributed by atoms with E-state index in [4.69, 9.17) is 0 Å². The van der Waals surface area contributed by atoms with E-state index in [2.05, 4.69) is 12.1 Å². The van der Waals surface area contributed by atoms with Crippen molar-refractivity contribution < 1.29 is 9.59 Å². The average Bonchev–Trinajstić information content (AvgIpc) is 3.03. The minimum Gasteiger partial charge on any atom is -0.331 e. The van der Waals surface area contributed by atoms with E-state index in [-0.39, 0.29) is 11.4 Å². The zero-order valence-corrected chi connectivity index (χ0v) is 13.4. The van der Waals surface area contributed by atoms with E-state index in [1.807, 2.05) is 23.1 Å². The number of fused-ring (bicyclic) bond motifs is 1. The first-order chi connectivity index (χ1) is 10.5. The molecule has 2 fully saturated rings. The summed E-state index contributed by atoms with van der Waals surface area (Å²) in [5.74, 6) is 0.940. The summed E-state index contributed by atoms with van der Waals surface area (Å²) in [6.45, 7) is 1.60. The zero-order valence-electron chi connectivity index (χ0n) is 13.4. The Kier molecular flexibility index (Phi) is 3.94. The number of nitrogens with zero attached hydrogens (tertiary/aromatic N) is 2. The summed E-state index contributed by atoms with van der Waals surface area (Å²) in [5, 5.41) is 0. The average molecular weight is 300 g/mol. The van der Waals surface area contributed by atoms with Crippen LogP contribution in [0.4, 0.5) is 4.79 Å². The Labute approximate surface area is 132 Å². The topological polar surface area (TPSA) is 40.6 Å². The third-order valence-corrected chi connectivity index (χ3v) is 5.22. The van der Waals surface area contributed by atoms with Crippen molar-refractivity contribution in [2.75, 3.05) is 27.2 Å². The molecule has 1 saturated carbocycles. The van der Waals surface area contributed by atoms with Crippen LogP contribution >= 0.6 is 0 Å². The predicted octanol–water partition coefficient (Wildman–Crippen LogP) is 2.44. The van der Waals surface area contributed by atoms with Gasteiger partial charge in [-0.15, -0.1) is 0 Å². The predicted molar refractivity (Wildman–Crippen MR) is 85.5 cm³/mol. The molecule has 3 atom stereocenters. The summed E-state index contributed by atoms with van der Waals surface area (Å²) in [7, 11) is 3.59. The van der Waals surface area contributed by atoms with Gasteiger partial charge in [0.2, 0.25) is 0 Å². The summed E-state index contributed by atoms with van der Waals surface area (Å²) < 4.78 is 0. The molecule has 4 nitrogen and oxygen atoms in total. The number of hydrogen-bond acceptors (Lipinski definition) is 2. The maximum absolute atomic E-state index is 12.1. The Hall–Kier alpha value is -1.84. The highest BCUT2D eigenvalue weighted by atomic mass is 16.2. The Morgan fingerprint density at radius 3 is 2.32 bits per heavy atom. The number of likely N-dealkylation sites (tertiary alicyclic amines) is 1. The second kappa shape index (κ2) is 5.75. The third-order valence-electron chi connectivity index (χ3n) is 5.22. The lowest BCUT2D eigenvalue weighted by atomic mass is 9.80. The molecular weight excluding hydrogens is 276 g/mol. The largest absolute Gasteiger partial charge is 0.331 e. The van der Waals surface area contributed by atoms with E-state index in [1.54, 1.807) is 19.0 Å². The maximum atomic E-state index is 12.1. The van der Waals surface area contributed by atoms with Gasteiger partial charge in [-0.3, -0.25) is 0 Å². The second-order valence-electron chi connectivity index (χ2n) is 7.15. The summed E-state index contributed by atoms with van der Waals surface area (Å²) in [4.78, 5) is 27.5. The first-order valence-electron chi connectivity index (χ1n) is 7.99. The van der Waals surface area contributed by atoms with Crippen LogP contribution in [0.1, 0.15) is 18.4 Å². The first-order valence-corrected chi connectivity index (χ1v) is 7.99. The van der Waals surface area contributed by atoms with Crippen molar-refractivity contribution in [2.24, 2.45) is 17.3 Å². The number of benzene rings is 1. The van der Waals surface area contributed by atoms with E-state index in [9.17, 15) is 9.59 Å². The molecule has 0 N–H and O–H groups in total. The van der Waals surface area contributed by atoms with Crippen molar-refractivity contribution in [2.45, 2.75) is 19.3 Å². The number of amides is 2. The summed E-state index contributed by atoms with van der Waals surface area (Å²) in [6.07, 6.45) is 3.82. The van der Waals surface area contributed by atoms with Gasteiger partial charge < -0.3 is 14.6 Å². The lowest BCUT2D eigenvalue weighted by Crippen LogP contribution is -2.39. The van der Waals surface area contributed by atoms with Gasteiger partial charge in [0, 0.05) is 32.6 Å². The number of hydrogen-bond donors (Lipinski definition) is 0. The Bertz CT molecular complexity index is 541. The monoisotopic (exact) mass is 300 g/mol. The fourth-order valence-corrected chi connectivity index (χ4v) is 4.25. The molecule has 0 bridgehead atoms. The minimum absolute atomic E-state index is 0.0918. The van der Waals surface area contributed by atoms with Gasteiger partial charge in [-0.2, -0.15) is 0 Å². The van der Waals surface area contributed by atoms with Crippen molar-refractivity contribution in [3.63, 3.8) is 0 Å². The third kappa shape index (κ3) is 2.74. The van der Waals surface area contributed by atoms with Crippen LogP contribution in [-0.4, -0.2) is 49.3 Å². The van der Waals surface area contributed by atoms with Gasteiger partial charge >= 0.3 is 6.03 Å². The van der Waals surface area contributed by atoms with Crippen LogP contribution < -0.4 is 0 Å². The lowest BCUT2D eigenvalue weighted by molar-refractivity contribution is -0.116. The number of urea groups is 1. The van der Waals surface area contributed by atoms with E-state index in [0.29, 0.717) is 11.8 Å². The SMILES string of the molecule is CN(C)C(=O)N1C[C@@H]2CC(C=O)(Cc3ccccc3)C[C@@H]2C1. The lowest BCUT2D eigenvalue weighted by Gasteiger charge is -2.27. The van der Waals surface area contributed by atoms with Crippen LogP contribution in [0.5, 0.6) is 0 Å². The standard InChI is InChI=1S/C18H24N2O2/c1-19(2)17(22)20-11-15-9-18(13-21,10-16(15)12-20)8-14-6-4-3-5-7-14/h3-7,13,15-16H,8-12H2,1-2H3/t15-,16+,18?. The maximum Gasteiger partial charge on any atom is 0.319 e. The van der Waals surface area contributed by atoms with Crippen LogP contribution in [-0.2, 0) is 11.2 Å². The Balaban J connectivity index is 1.68. The van der Waals surface area contributed by atoms with Gasteiger partial charge in [0.05, 0.1) is 0 Å². The molecule has 3 rings (SSSR count). The molecule has 4 heteroatoms. The molecular formula is C18H24N2O2. The molecule has 1 unspecified atom stereocenters. The fraction of sp³-hybridized carbons (Fsp3) is 0.556. The van der Waals surface area contributed by atoms with E-state index in [0.717, 1.165) is 32.4 Å². The normalized spacial score (nSPS) is 30.2. The highest BCUT2D eigenvalue weighted by molar-refractivity contribution is 5.74. The second-order valence-corrected chi connectivity index (χ2v) is 7.15. The Morgan fingerprint density at radius 1 is 1.23 bits per heavy atom. The smallest absolute Gasteiger partial charge is 0.319 e. The van der Waals surface area contributed by atoms with Gasteiger partial charge in [0.15, 0.2) is 0 Å². The van der Waals surface area contributed by atoms with Gasteiger partial charge in [0.1, 0.15) is 6.29 Å². The van der Waals surface area contributed by atoms with Gasteiger partial charge in [-0.05, 0) is 36.7 Å². The van der Waals surface area contributed by atoms with Crippen LogP contribution in [0.2, 0.25) is 0 Å². The minimum atomic E-state index is -0.232. The quantitative estimate of drug-likeness (QED) is 0.805. The van der Waals surface area contributed by atoms with Crippen molar-refractivity contribution in [3.05, 3.63) is 35.9 Å². The molecule has 1 saturated heterocycles. The molecule has 1 aliphatic carbocycles. The van der Waals surface area contributed by atoms with E-state index >= 15 is 0 Å². The number of aldehydes is 1. The molecule has 1 heterocycles. The molecule has 0 spiro atoms. The number of carbonyl (C=O) groups excluding carboxylic acids is 2. The molecule has 1 aromatic rings. The first kappa shape index (κ1) is 15.1. The van der Waals surface area contributed by atoms with Crippen LogP contribution in [0.3, 0.4) is 0 Å². The van der Waals surface area contributed by atoms with Crippen molar-refractivity contribution in [3.8, 4) is 0 Å². The van der Waals surface area contributed by atoms with Crippen molar-refractivity contribution >= 4 is 12.3 Å².